The van der Waals surface area contributed by atoms with Crippen molar-refractivity contribution in [1.82, 2.24) is 5.43 Å². The fourth-order valence-electron chi connectivity index (χ4n) is 2.64. The van der Waals surface area contributed by atoms with Crippen LogP contribution in [0.3, 0.4) is 0 Å². The summed E-state index contributed by atoms with van der Waals surface area (Å²) >= 11 is 6.13. The summed E-state index contributed by atoms with van der Waals surface area (Å²) in [5.41, 5.74) is 5.71. The van der Waals surface area contributed by atoms with Gasteiger partial charge in [0.25, 0.3) is 5.91 Å². The van der Waals surface area contributed by atoms with E-state index in [2.05, 4.69) is 10.5 Å². The van der Waals surface area contributed by atoms with Crippen LogP contribution < -0.4 is 14.9 Å². The maximum Gasteiger partial charge on any atom is 0.275 e. The van der Waals surface area contributed by atoms with E-state index < -0.39 is 0 Å². The van der Waals surface area contributed by atoms with Crippen LogP contribution in [0.1, 0.15) is 27.0 Å². The van der Waals surface area contributed by atoms with Gasteiger partial charge in [-0.1, -0.05) is 35.9 Å². The molecule has 0 saturated heterocycles. The van der Waals surface area contributed by atoms with Crippen LogP contribution in [-0.4, -0.2) is 19.2 Å². The highest BCUT2D eigenvalue weighted by Gasteiger charge is 2.11. The predicted octanol–water partition coefficient (Wildman–Crippen LogP) is 5.00. The van der Waals surface area contributed by atoms with Gasteiger partial charge in [-0.15, -0.1) is 0 Å². The molecule has 0 saturated carbocycles. The summed E-state index contributed by atoms with van der Waals surface area (Å²) in [4.78, 5) is 12.3. The number of halogens is 1. The van der Waals surface area contributed by atoms with Gasteiger partial charge >= 0.3 is 0 Å². The molecule has 0 bridgehead atoms. The fraction of sp³-hybridized carbons (Fsp3) is 0.130. The summed E-state index contributed by atoms with van der Waals surface area (Å²) in [5, 5.41) is 4.69. The Kier molecular flexibility index (Phi) is 6.87. The number of methoxy groups -OCH3 is 1. The minimum atomic E-state index is -0.335. The first-order chi connectivity index (χ1) is 14.1. The molecule has 0 fully saturated rings. The molecule has 0 aliphatic rings. The molecule has 3 aromatic carbocycles. The average molecular weight is 409 g/mol. The second-order valence-corrected chi connectivity index (χ2v) is 6.76. The third kappa shape index (κ3) is 5.59. The van der Waals surface area contributed by atoms with Crippen molar-refractivity contribution in [1.29, 1.82) is 0 Å². The first kappa shape index (κ1) is 20.4. The van der Waals surface area contributed by atoms with Gasteiger partial charge in [-0.3, -0.25) is 4.79 Å². The molecule has 5 nitrogen and oxygen atoms in total. The van der Waals surface area contributed by atoms with Crippen molar-refractivity contribution in [3.8, 4) is 11.5 Å². The molecular weight excluding hydrogens is 388 g/mol. The van der Waals surface area contributed by atoms with Crippen molar-refractivity contribution in [3.63, 3.8) is 0 Å². The largest absolute Gasteiger partial charge is 0.496 e. The number of hydrogen-bond donors (Lipinski definition) is 1. The maximum absolute atomic E-state index is 12.3. The molecule has 6 heteroatoms. The van der Waals surface area contributed by atoms with Crippen LogP contribution in [0.4, 0.5) is 0 Å². The molecule has 148 valence electrons. The maximum atomic E-state index is 12.3. The molecule has 0 heterocycles. The van der Waals surface area contributed by atoms with E-state index in [9.17, 15) is 4.79 Å². The highest BCUT2D eigenvalue weighted by Crippen LogP contribution is 2.20. The molecule has 0 aliphatic carbocycles. The summed E-state index contributed by atoms with van der Waals surface area (Å²) in [6.07, 6.45) is 1.57. The van der Waals surface area contributed by atoms with Crippen LogP contribution in [0.15, 0.2) is 71.8 Å². The second kappa shape index (κ2) is 9.75. The van der Waals surface area contributed by atoms with Gasteiger partial charge in [-0.05, 0) is 60.5 Å². The van der Waals surface area contributed by atoms with Crippen molar-refractivity contribution >= 4 is 23.7 Å². The van der Waals surface area contributed by atoms with Crippen LogP contribution in [0.2, 0.25) is 5.02 Å². The lowest BCUT2D eigenvalue weighted by Crippen LogP contribution is -2.18. The molecule has 0 aromatic heterocycles. The molecular formula is C23H21ClN2O3. The Balaban J connectivity index is 1.56. The third-order valence-corrected chi connectivity index (χ3v) is 4.58. The normalized spacial score (nSPS) is 10.7. The molecule has 0 aliphatic heterocycles. The molecule has 1 N–H and O–H groups in total. The number of aryl methyl sites for hydroxylation is 1. The predicted molar refractivity (Wildman–Crippen MR) is 115 cm³/mol. The first-order valence-corrected chi connectivity index (χ1v) is 9.39. The van der Waals surface area contributed by atoms with E-state index in [1.807, 2.05) is 61.5 Å². The van der Waals surface area contributed by atoms with E-state index in [0.717, 1.165) is 22.4 Å². The van der Waals surface area contributed by atoms with Gasteiger partial charge in [0.1, 0.15) is 18.1 Å². The number of carbonyl (C=O) groups is 1. The minimum absolute atomic E-state index is 0.335. The van der Waals surface area contributed by atoms with Gasteiger partial charge < -0.3 is 9.47 Å². The summed E-state index contributed by atoms with van der Waals surface area (Å²) < 4.78 is 11.0. The summed E-state index contributed by atoms with van der Waals surface area (Å²) in [6.45, 7) is 2.33. The fourth-order valence-corrected chi connectivity index (χ4v) is 2.83. The van der Waals surface area contributed by atoms with Crippen LogP contribution in [0.5, 0.6) is 11.5 Å². The number of hydrogen-bond acceptors (Lipinski definition) is 4. The average Bonchev–Trinajstić information content (AvgIpc) is 2.74. The van der Waals surface area contributed by atoms with E-state index in [-0.39, 0.29) is 5.91 Å². The monoisotopic (exact) mass is 408 g/mol. The zero-order valence-electron chi connectivity index (χ0n) is 16.2. The van der Waals surface area contributed by atoms with Gasteiger partial charge in [-0.25, -0.2) is 5.43 Å². The number of nitrogens with zero attached hydrogens (tertiary/aromatic N) is 1. The number of rotatable bonds is 7. The molecule has 29 heavy (non-hydrogen) atoms. The Hall–Kier alpha value is -3.31. The lowest BCUT2D eigenvalue weighted by atomic mass is 10.1. The SMILES string of the molecule is COc1cc(C)ccc1C(=O)N/N=C\c1ccc(OCc2ccccc2Cl)cc1. The minimum Gasteiger partial charge on any atom is -0.496 e. The van der Waals surface area contributed by atoms with Crippen molar-refractivity contribution in [3.05, 3.63) is 94.0 Å². The highest BCUT2D eigenvalue weighted by atomic mass is 35.5. The lowest BCUT2D eigenvalue weighted by molar-refractivity contribution is 0.0952. The van der Waals surface area contributed by atoms with Crippen LogP contribution >= 0.6 is 11.6 Å². The van der Waals surface area contributed by atoms with Crippen molar-refractivity contribution < 1.29 is 14.3 Å². The molecule has 3 aromatic rings. The van der Waals surface area contributed by atoms with Crippen molar-refractivity contribution in [2.24, 2.45) is 5.10 Å². The Bertz CT molecular complexity index is 1020. The van der Waals surface area contributed by atoms with Crippen LogP contribution in [0, 0.1) is 6.92 Å². The summed E-state index contributed by atoms with van der Waals surface area (Å²) in [5.74, 6) is 0.894. The summed E-state index contributed by atoms with van der Waals surface area (Å²) in [7, 11) is 1.53. The molecule has 1 amide bonds. The van der Waals surface area contributed by atoms with E-state index in [4.69, 9.17) is 21.1 Å². The number of hydrazone groups is 1. The number of ether oxygens (including phenoxy) is 2. The van der Waals surface area contributed by atoms with Crippen molar-refractivity contribution in [2.45, 2.75) is 13.5 Å². The zero-order valence-corrected chi connectivity index (χ0v) is 16.9. The number of amides is 1. The van der Waals surface area contributed by atoms with Gasteiger partial charge in [0.15, 0.2) is 0 Å². The van der Waals surface area contributed by atoms with Crippen LogP contribution in [0.25, 0.3) is 0 Å². The van der Waals surface area contributed by atoms with E-state index in [1.165, 1.54) is 7.11 Å². The molecule has 0 radical (unpaired) electrons. The third-order valence-electron chi connectivity index (χ3n) is 4.21. The Morgan fingerprint density at radius 3 is 2.59 bits per heavy atom. The Labute approximate surface area is 174 Å². The smallest absolute Gasteiger partial charge is 0.275 e. The number of benzene rings is 3. The standard InChI is InChI=1S/C23H21ClN2O3/c1-16-7-12-20(22(13-16)28-2)23(27)26-25-14-17-8-10-19(11-9-17)29-15-18-5-3-4-6-21(18)24/h3-14H,15H2,1-2H3,(H,26,27)/b25-14-. The number of carbonyl (C=O) groups excluding carboxylic acids is 1. The van der Waals surface area contributed by atoms with Gasteiger partial charge in [0, 0.05) is 10.6 Å². The molecule has 3 rings (SSSR count). The van der Waals surface area contributed by atoms with E-state index in [1.54, 1.807) is 18.3 Å². The first-order valence-electron chi connectivity index (χ1n) is 9.01. The van der Waals surface area contributed by atoms with E-state index in [0.29, 0.717) is 22.9 Å². The van der Waals surface area contributed by atoms with Gasteiger partial charge in [-0.2, -0.15) is 5.10 Å². The van der Waals surface area contributed by atoms with Crippen LogP contribution in [-0.2, 0) is 6.61 Å². The second-order valence-electron chi connectivity index (χ2n) is 6.35. The van der Waals surface area contributed by atoms with Crippen molar-refractivity contribution in [2.75, 3.05) is 7.11 Å². The summed E-state index contributed by atoms with van der Waals surface area (Å²) in [6, 6.07) is 20.3. The highest BCUT2D eigenvalue weighted by molar-refractivity contribution is 6.31. The topological polar surface area (TPSA) is 59.9 Å². The number of nitrogens with one attached hydrogen (secondary N) is 1. The lowest BCUT2D eigenvalue weighted by Gasteiger charge is -2.08. The van der Waals surface area contributed by atoms with E-state index >= 15 is 0 Å². The van der Waals surface area contributed by atoms with Gasteiger partial charge in [0.2, 0.25) is 0 Å². The Morgan fingerprint density at radius 2 is 1.86 bits per heavy atom. The molecule has 0 unspecified atom stereocenters. The van der Waals surface area contributed by atoms with Gasteiger partial charge in [0.05, 0.1) is 18.9 Å². The quantitative estimate of drug-likeness (QED) is 0.442. The Morgan fingerprint density at radius 1 is 1.10 bits per heavy atom. The zero-order chi connectivity index (χ0) is 20.6. The molecule has 0 atom stereocenters. The molecule has 0 spiro atoms.